The zero-order valence-electron chi connectivity index (χ0n) is 11.2. The Morgan fingerprint density at radius 3 is 2.94 bits per heavy atom. The number of unbranched alkanes of at least 4 members (excludes halogenated alkanes) is 1. The quantitative estimate of drug-likeness (QED) is 0.537. The van der Waals surface area contributed by atoms with Gasteiger partial charge in [-0.15, -0.1) is 0 Å². The molecule has 0 N–H and O–H groups in total. The van der Waals surface area contributed by atoms with Gasteiger partial charge < -0.3 is 4.74 Å². The molecule has 0 heterocycles. The van der Waals surface area contributed by atoms with E-state index in [1.807, 2.05) is 0 Å². The van der Waals surface area contributed by atoms with E-state index in [-0.39, 0.29) is 0 Å². The normalized spacial score (nSPS) is 22.8. The highest BCUT2D eigenvalue weighted by molar-refractivity contribution is 9.09. The summed E-state index contributed by atoms with van der Waals surface area (Å²) in [5.41, 5.74) is 3.00. The van der Waals surface area contributed by atoms with Crippen LogP contribution in [0.3, 0.4) is 0 Å². The van der Waals surface area contributed by atoms with Crippen molar-refractivity contribution in [1.29, 1.82) is 0 Å². The van der Waals surface area contributed by atoms with Crippen LogP contribution in [0.25, 0.3) is 0 Å². The lowest BCUT2D eigenvalue weighted by Gasteiger charge is -2.29. The van der Waals surface area contributed by atoms with E-state index in [4.69, 9.17) is 4.74 Å². The molecular weight excluding hydrogens is 288 g/mol. The second-order valence-corrected chi connectivity index (χ2v) is 6.14. The SMILES string of the molecule is CCCCOCCC1CCc2ccccc2C1Br. The van der Waals surface area contributed by atoms with Crippen LogP contribution in [-0.2, 0) is 11.2 Å². The molecule has 1 nitrogen and oxygen atoms in total. The van der Waals surface area contributed by atoms with Crippen molar-refractivity contribution in [2.24, 2.45) is 5.92 Å². The Morgan fingerprint density at radius 1 is 1.28 bits per heavy atom. The summed E-state index contributed by atoms with van der Waals surface area (Å²) in [5.74, 6) is 0.724. The van der Waals surface area contributed by atoms with Crippen molar-refractivity contribution in [3.05, 3.63) is 35.4 Å². The molecule has 1 aliphatic rings. The summed E-state index contributed by atoms with van der Waals surface area (Å²) in [5, 5.41) is 0. The minimum absolute atomic E-state index is 0.511. The fourth-order valence-electron chi connectivity index (χ4n) is 2.65. The van der Waals surface area contributed by atoms with E-state index in [2.05, 4.69) is 47.1 Å². The van der Waals surface area contributed by atoms with E-state index >= 15 is 0 Å². The molecule has 0 fully saturated rings. The lowest BCUT2D eigenvalue weighted by molar-refractivity contribution is 0.115. The van der Waals surface area contributed by atoms with Gasteiger partial charge in [-0.3, -0.25) is 0 Å². The minimum atomic E-state index is 0.511. The smallest absolute Gasteiger partial charge is 0.0469 e. The van der Waals surface area contributed by atoms with Crippen molar-refractivity contribution in [1.82, 2.24) is 0 Å². The van der Waals surface area contributed by atoms with Crippen molar-refractivity contribution in [3.8, 4) is 0 Å². The molecule has 2 heteroatoms. The van der Waals surface area contributed by atoms with Crippen LogP contribution in [0.15, 0.2) is 24.3 Å². The highest BCUT2D eigenvalue weighted by atomic mass is 79.9. The monoisotopic (exact) mass is 310 g/mol. The van der Waals surface area contributed by atoms with E-state index in [9.17, 15) is 0 Å². The van der Waals surface area contributed by atoms with Crippen LogP contribution in [-0.4, -0.2) is 13.2 Å². The van der Waals surface area contributed by atoms with Crippen LogP contribution in [0.5, 0.6) is 0 Å². The van der Waals surface area contributed by atoms with Crippen molar-refractivity contribution in [2.75, 3.05) is 13.2 Å². The molecule has 1 aliphatic carbocycles. The summed E-state index contributed by atoms with van der Waals surface area (Å²) in [4.78, 5) is 0.511. The summed E-state index contributed by atoms with van der Waals surface area (Å²) >= 11 is 3.88. The van der Waals surface area contributed by atoms with Gasteiger partial charge in [0.25, 0.3) is 0 Å². The second kappa shape index (κ2) is 7.30. The van der Waals surface area contributed by atoms with Crippen LogP contribution in [0.4, 0.5) is 0 Å². The number of rotatable bonds is 6. The van der Waals surface area contributed by atoms with Gasteiger partial charge in [0, 0.05) is 18.0 Å². The van der Waals surface area contributed by atoms with Crippen molar-refractivity contribution < 1.29 is 4.74 Å². The predicted octanol–water partition coefficient (Wildman–Crippen LogP) is 4.89. The number of hydrogen-bond acceptors (Lipinski definition) is 1. The second-order valence-electron chi connectivity index (χ2n) is 5.15. The molecule has 2 unspecified atom stereocenters. The maximum Gasteiger partial charge on any atom is 0.0469 e. The summed E-state index contributed by atoms with van der Waals surface area (Å²) in [6.45, 7) is 4.04. The van der Waals surface area contributed by atoms with Crippen LogP contribution in [0, 0.1) is 5.92 Å². The predicted molar refractivity (Wildman–Crippen MR) is 80.3 cm³/mol. The van der Waals surface area contributed by atoms with Gasteiger partial charge in [-0.1, -0.05) is 53.5 Å². The molecule has 100 valence electrons. The van der Waals surface area contributed by atoms with Gasteiger partial charge in [0.05, 0.1) is 0 Å². The third kappa shape index (κ3) is 3.58. The van der Waals surface area contributed by atoms with E-state index in [1.54, 1.807) is 0 Å². The average molecular weight is 311 g/mol. The van der Waals surface area contributed by atoms with E-state index in [0.717, 1.165) is 19.1 Å². The number of ether oxygens (including phenoxy) is 1. The van der Waals surface area contributed by atoms with Crippen LogP contribution < -0.4 is 0 Å². The first-order valence-corrected chi connectivity index (χ1v) is 8.04. The zero-order chi connectivity index (χ0) is 12.8. The number of halogens is 1. The van der Waals surface area contributed by atoms with Crippen LogP contribution >= 0.6 is 15.9 Å². The van der Waals surface area contributed by atoms with Crippen molar-refractivity contribution in [3.63, 3.8) is 0 Å². The molecule has 1 aromatic rings. The molecule has 18 heavy (non-hydrogen) atoms. The van der Waals surface area contributed by atoms with Gasteiger partial charge in [0.1, 0.15) is 0 Å². The molecule has 0 amide bonds. The number of hydrogen-bond donors (Lipinski definition) is 0. The Morgan fingerprint density at radius 2 is 2.11 bits per heavy atom. The summed E-state index contributed by atoms with van der Waals surface area (Å²) in [6, 6.07) is 8.82. The minimum Gasteiger partial charge on any atom is -0.381 e. The Labute approximate surface area is 119 Å². The maximum atomic E-state index is 5.69. The molecular formula is C16H23BrO. The highest BCUT2D eigenvalue weighted by Gasteiger charge is 2.26. The van der Waals surface area contributed by atoms with E-state index in [1.165, 1.54) is 43.2 Å². The first-order chi connectivity index (χ1) is 8.83. The standard InChI is InChI=1S/C16H23BrO/c1-2-3-11-18-12-10-14-9-8-13-6-4-5-7-15(13)16(14)17/h4-7,14,16H,2-3,8-12H2,1H3. The summed E-state index contributed by atoms with van der Waals surface area (Å²) < 4.78 is 5.69. The number of benzene rings is 1. The summed E-state index contributed by atoms with van der Waals surface area (Å²) in [7, 11) is 0. The van der Waals surface area contributed by atoms with E-state index in [0.29, 0.717) is 4.83 Å². The third-order valence-corrected chi connectivity index (χ3v) is 5.07. The lowest BCUT2D eigenvalue weighted by Crippen LogP contribution is -2.18. The van der Waals surface area contributed by atoms with Gasteiger partial charge in [0.2, 0.25) is 0 Å². The number of fused-ring (bicyclic) bond motifs is 1. The lowest BCUT2D eigenvalue weighted by atomic mass is 9.82. The van der Waals surface area contributed by atoms with Gasteiger partial charge in [-0.25, -0.2) is 0 Å². The Balaban J connectivity index is 1.82. The molecule has 2 atom stereocenters. The van der Waals surface area contributed by atoms with Crippen LogP contribution in [0.2, 0.25) is 0 Å². The Hall–Kier alpha value is -0.340. The van der Waals surface area contributed by atoms with E-state index < -0.39 is 0 Å². The largest absolute Gasteiger partial charge is 0.381 e. The number of alkyl halides is 1. The van der Waals surface area contributed by atoms with Gasteiger partial charge in [-0.2, -0.15) is 0 Å². The fraction of sp³-hybridized carbons (Fsp3) is 0.625. The summed E-state index contributed by atoms with van der Waals surface area (Å²) in [6.07, 6.45) is 6.08. The molecule has 0 spiro atoms. The first-order valence-electron chi connectivity index (χ1n) is 7.12. The number of aryl methyl sites for hydroxylation is 1. The molecule has 0 radical (unpaired) electrons. The van der Waals surface area contributed by atoms with Crippen LogP contribution in [0.1, 0.15) is 48.6 Å². The Bertz CT molecular complexity index is 364. The molecule has 0 saturated heterocycles. The zero-order valence-corrected chi connectivity index (χ0v) is 12.8. The molecule has 0 bridgehead atoms. The third-order valence-electron chi connectivity index (χ3n) is 3.83. The molecule has 0 saturated carbocycles. The topological polar surface area (TPSA) is 9.23 Å². The van der Waals surface area contributed by atoms with Crippen molar-refractivity contribution >= 4 is 15.9 Å². The molecule has 0 aromatic heterocycles. The average Bonchev–Trinajstić information content (AvgIpc) is 2.41. The first kappa shape index (κ1) is 14.1. The maximum absolute atomic E-state index is 5.69. The highest BCUT2D eigenvalue weighted by Crippen LogP contribution is 2.41. The molecule has 1 aromatic carbocycles. The van der Waals surface area contributed by atoms with Gasteiger partial charge >= 0.3 is 0 Å². The van der Waals surface area contributed by atoms with Crippen molar-refractivity contribution in [2.45, 2.75) is 43.9 Å². The molecule has 2 rings (SSSR count). The van der Waals surface area contributed by atoms with Gasteiger partial charge in [0.15, 0.2) is 0 Å². The fourth-order valence-corrected chi connectivity index (χ4v) is 3.62. The molecule has 0 aliphatic heterocycles. The Kier molecular flexibility index (Phi) is 5.71. The van der Waals surface area contributed by atoms with Gasteiger partial charge in [-0.05, 0) is 42.7 Å².